The Morgan fingerprint density at radius 2 is 1.76 bits per heavy atom. The zero-order valence-corrected chi connectivity index (χ0v) is 23.5. The molecule has 1 saturated carbocycles. The van der Waals surface area contributed by atoms with Gasteiger partial charge in [-0.15, -0.1) is 0 Å². The number of rotatable bonds is 6. The lowest BCUT2D eigenvalue weighted by Gasteiger charge is -2.38. The van der Waals surface area contributed by atoms with Gasteiger partial charge in [0.15, 0.2) is 11.2 Å². The van der Waals surface area contributed by atoms with Crippen molar-refractivity contribution in [1.82, 2.24) is 29.6 Å². The van der Waals surface area contributed by atoms with Crippen molar-refractivity contribution in [2.45, 2.75) is 37.8 Å². The quantitative estimate of drug-likeness (QED) is 0.257. The number of hydrogen-bond donors (Lipinski definition) is 3. The van der Waals surface area contributed by atoms with Crippen molar-refractivity contribution >= 4 is 57.2 Å². The molecular weight excluding hydrogens is 558 g/mol. The number of primary amides is 1. The van der Waals surface area contributed by atoms with Crippen LogP contribution < -0.4 is 16.8 Å². The summed E-state index contributed by atoms with van der Waals surface area (Å²) in [5.74, 6) is -0.240. The Morgan fingerprint density at radius 3 is 2.50 bits per heavy atom. The fourth-order valence-electron chi connectivity index (χ4n) is 6.13. The molecule has 0 radical (unpaired) electrons. The maximum Gasteiger partial charge on any atom is 0.300 e. The fraction of sp³-hybridized carbons (Fsp3) is 0.345. The fourth-order valence-corrected chi connectivity index (χ4v) is 6.34. The van der Waals surface area contributed by atoms with Gasteiger partial charge in [0.2, 0.25) is 0 Å². The number of carbonyl (C=O) groups is 1. The van der Waals surface area contributed by atoms with Crippen molar-refractivity contribution in [2.75, 3.05) is 37.4 Å². The largest absolute Gasteiger partial charge is 0.422 e. The zero-order valence-electron chi connectivity index (χ0n) is 22.8. The molecule has 12 nitrogen and oxygen atoms in total. The highest BCUT2D eigenvalue weighted by Gasteiger charge is 2.30. The summed E-state index contributed by atoms with van der Waals surface area (Å²) in [7, 11) is 0. The van der Waals surface area contributed by atoms with E-state index in [0.29, 0.717) is 22.4 Å². The second-order valence-corrected chi connectivity index (χ2v) is 11.2. The van der Waals surface area contributed by atoms with Gasteiger partial charge in [-0.05, 0) is 49.9 Å². The first-order chi connectivity index (χ1) is 20.4. The maximum atomic E-state index is 11.8. The molecule has 42 heavy (non-hydrogen) atoms. The van der Waals surface area contributed by atoms with E-state index in [-0.39, 0.29) is 23.2 Å². The predicted octanol–water partition coefficient (Wildman–Crippen LogP) is 4.53. The predicted molar refractivity (Wildman–Crippen MR) is 160 cm³/mol. The highest BCUT2D eigenvalue weighted by Crippen LogP contribution is 2.37. The third-order valence-corrected chi connectivity index (χ3v) is 8.44. The number of anilines is 3. The maximum absolute atomic E-state index is 11.8. The summed E-state index contributed by atoms with van der Waals surface area (Å²) in [5.41, 5.74) is 15.8. The number of benzene rings is 2. The van der Waals surface area contributed by atoms with E-state index in [1.54, 1.807) is 6.07 Å². The first-order valence-electron chi connectivity index (χ1n) is 14.0. The molecule has 13 heteroatoms. The van der Waals surface area contributed by atoms with Gasteiger partial charge in [-0.1, -0.05) is 23.7 Å². The van der Waals surface area contributed by atoms with Crippen molar-refractivity contribution in [3.8, 4) is 11.3 Å². The number of ether oxygens (including phenoxy) is 1. The van der Waals surface area contributed by atoms with Crippen LogP contribution in [0.5, 0.6) is 0 Å². The van der Waals surface area contributed by atoms with Crippen LogP contribution in [0, 0.1) is 0 Å². The van der Waals surface area contributed by atoms with Crippen LogP contribution in [0.2, 0.25) is 5.02 Å². The molecule has 0 spiro atoms. The highest BCUT2D eigenvalue weighted by atomic mass is 35.5. The third-order valence-electron chi connectivity index (χ3n) is 8.22. The average molecular weight is 588 g/mol. The molecule has 1 aliphatic heterocycles. The van der Waals surface area contributed by atoms with Gasteiger partial charge in [0.25, 0.3) is 11.9 Å². The number of nitrogens with two attached hydrogens (primary N) is 2. The van der Waals surface area contributed by atoms with Gasteiger partial charge in [-0.3, -0.25) is 9.69 Å². The molecule has 1 amide bonds. The Hall–Kier alpha value is -4.26. The molecule has 5 aromatic rings. The van der Waals surface area contributed by atoms with Gasteiger partial charge >= 0.3 is 0 Å². The molecule has 2 aromatic carbocycles. The molecule has 4 heterocycles. The molecule has 2 fully saturated rings. The highest BCUT2D eigenvalue weighted by molar-refractivity contribution is 6.32. The number of hydrogen-bond acceptors (Lipinski definition) is 10. The van der Waals surface area contributed by atoms with Crippen molar-refractivity contribution < 1.29 is 13.9 Å². The summed E-state index contributed by atoms with van der Waals surface area (Å²) in [6.07, 6.45) is 5.79. The van der Waals surface area contributed by atoms with Crippen LogP contribution in [0.25, 0.3) is 33.4 Å². The van der Waals surface area contributed by atoms with E-state index in [1.807, 2.05) is 28.9 Å². The summed E-state index contributed by atoms with van der Waals surface area (Å²) >= 11 is 6.11. The van der Waals surface area contributed by atoms with Crippen LogP contribution in [0.1, 0.15) is 42.1 Å². The number of nitrogen functional groups attached to an aromatic ring is 1. The molecule has 1 aliphatic carbocycles. The number of morpholine rings is 1. The molecule has 7 rings (SSSR count). The van der Waals surface area contributed by atoms with Crippen LogP contribution in [-0.4, -0.2) is 67.9 Å². The number of nitrogens with one attached hydrogen (secondary N) is 1. The molecule has 3 aromatic heterocycles. The number of halogens is 1. The van der Waals surface area contributed by atoms with E-state index < -0.39 is 5.91 Å². The van der Waals surface area contributed by atoms with E-state index in [0.717, 1.165) is 80.0 Å². The lowest BCUT2D eigenvalue weighted by atomic mass is 9.90. The smallest absolute Gasteiger partial charge is 0.300 e. The molecule has 0 bridgehead atoms. The topological polar surface area (TPSA) is 163 Å². The molecule has 0 unspecified atom stereocenters. The van der Waals surface area contributed by atoms with E-state index >= 15 is 0 Å². The summed E-state index contributed by atoms with van der Waals surface area (Å²) in [6.45, 7) is 3.65. The zero-order chi connectivity index (χ0) is 28.8. The van der Waals surface area contributed by atoms with Crippen molar-refractivity contribution in [3.63, 3.8) is 0 Å². The molecule has 0 atom stereocenters. The molecular formula is C29H30ClN9O3. The van der Waals surface area contributed by atoms with Gasteiger partial charge in [0, 0.05) is 35.4 Å². The molecule has 1 saturated heterocycles. The number of oxazole rings is 1. The first-order valence-corrected chi connectivity index (χ1v) is 14.4. The van der Waals surface area contributed by atoms with Gasteiger partial charge in [-0.25, -0.2) is 14.6 Å². The molecule has 216 valence electrons. The number of nitrogens with zero attached hydrogens (tertiary/aromatic N) is 6. The van der Waals surface area contributed by atoms with Crippen LogP contribution in [0.4, 0.5) is 17.5 Å². The second-order valence-electron chi connectivity index (χ2n) is 10.7. The lowest BCUT2D eigenvalue weighted by Crippen LogP contribution is -2.45. The van der Waals surface area contributed by atoms with Crippen LogP contribution in [0.15, 0.2) is 47.1 Å². The number of carbonyl (C=O) groups excluding carboxylic acids is 1. The minimum absolute atomic E-state index is 0.172. The summed E-state index contributed by atoms with van der Waals surface area (Å²) in [4.78, 5) is 27.7. The van der Waals surface area contributed by atoms with Crippen LogP contribution >= 0.6 is 11.6 Å². The van der Waals surface area contributed by atoms with Gasteiger partial charge < -0.3 is 25.9 Å². The Bertz CT molecular complexity index is 1770. The minimum Gasteiger partial charge on any atom is -0.422 e. The van der Waals surface area contributed by atoms with Gasteiger partial charge in [0.05, 0.1) is 30.2 Å². The number of amides is 1. The van der Waals surface area contributed by atoms with Crippen molar-refractivity contribution in [2.24, 2.45) is 5.73 Å². The Balaban J connectivity index is 1.14. The van der Waals surface area contributed by atoms with E-state index in [9.17, 15) is 4.79 Å². The Labute approximate surface area is 246 Å². The van der Waals surface area contributed by atoms with E-state index in [4.69, 9.17) is 37.3 Å². The van der Waals surface area contributed by atoms with Gasteiger partial charge in [0.1, 0.15) is 23.4 Å². The second kappa shape index (κ2) is 10.9. The normalized spacial score (nSPS) is 19.8. The SMILES string of the molecule is NC(=O)c1cc(Cl)cc2nc(Nc3ccc(-c4nn([C@H]5CC[C@H](N6CCOCC6)CC5)c5ncnc(N)c45)cc3)oc12. The monoisotopic (exact) mass is 587 g/mol. The van der Waals surface area contributed by atoms with E-state index in [2.05, 4.69) is 25.2 Å². The van der Waals surface area contributed by atoms with Crippen molar-refractivity contribution in [1.29, 1.82) is 0 Å². The lowest BCUT2D eigenvalue weighted by molar-refractivity contribution is 0.00520. The minimum atomic E-state index is -0.644. The summed E-state index contributed by atoms with van der Waals surface area (Å²) in [5, 5.41) is 9.29. The molecule has 5 N–H and O–H groups in total. The third kappa shape index (κ3) is 4.91. The van der Waals surface area contributed by atoms with Crippen LogP contribution in [-0.2, 0) is 4.74 Å². The summed E-state index contributed by atoms with van der Waals surface area (Å²) in [6, 6.07) is 11.8. The average Bonchev–Trinajstić information content (AvgIpc) is 3.59. The van der Waals surface area contributed by atoms with Crippen LogP contribution in [0.3, 0.4) is 0 Å². The van der Waals surface area contributed by atoms with Crippen molar-refractivity contribution in [3.05, 3.63) is 53.3 Å². The molecule has 2 aliphatic rings. The number of fused-ring (bicyclic) bond motifs is 2. The Kier molecular flexibility index (Phi) is 6.88. The standard InChI is InChI=1S/C29H30ClN9O3/c30-17-13-21(27(32)40)25-22(14-17)36-29(42-25)35-18-3-1-16(2-4-18)24-23-26(31)33-15-34-28(23)39(37-24)20-7-5-19(6-8-20)38-9-11-41-12-10-38/h1-4,13-15,19-20H,5-12H2,(H2,32,40)(H,35,36)(H2,31,33,34)/t19-,20-. The Morgan fingerprint density at radius 1 is 1.02 bits per heavy atom. The van der Waals surface area contributed by atoms with E-state index in [1.165, 1.54) is 12.4 Å². The number of aromatic nitrogens is 5. The van der Waals surface area contributed by atoms with Gasteiger partial charge in [-0.2, -0.15) is 10.1 Å². The first kappa shape index (κ1) is 26.6. The summed E-state index contributed by atoms with van der Waals surface area (Å²) < 4.78 is 13.4.